The molecular formula is C20H31N3O4. The van der Waals surface area contributed by atoms with Crippen molar-refractivity contribution in [3.63, 3.8) is 0 Å². The van der Waals surface area contributed by atoms with Crippen LogP contribution in [0.25, 0.3) is 0 Å². The molecule has 0 aromatic heterocycles. The number of nitrogens with zero attached hydrogens (tertiary/aromatic N) is 2. The summed E-state index contributed by atoms with van der Waals surface area (Å²) in [5.41, 5.74) is 0.858. The molecule has 0 aliphatic carbocycles. The Bertz CT molecular complexity index is 635. The lowest BCUT2D eigenvalue weighted by atomic mass is 9.83. The number of ether oxygens (including phenoxy) is 2. The van der Waals surface area contributed by atoms with Crippen molar-refractivity contribution in [1.29, 1.82) is 0 Å². The van der Waals surface area contributed by atoms with E-state index in [2.05, 4.69) is 5.32 Å². The lowest BCUT2D eigenvalue weighted by Crippen LogP contribution is -2.49. The highest BCUT2D eigenvalue weighted by Gasteiger charge is 2.41. The first-order valence-electron chi connectivity index (χ1n) is 9.33. The third-order valence-corrected chi connectivity index (χ3v) is 4.90. The quantitative estimate of drug-likeness (QED) is 0.702. The van der Waals surface area contributed by atoms with E-state index in [1.165, 1.54) is 0 Å². The molecule has 1 fully saturated rings. The zero-order valence-corrected chi connectivity index (χ0v) is 16.7. The molecule has 27 heavy (non-hydrogen) atoms. The standard InChI is InChI=1S/C20H31N3O4/c1-22(2)12-11-21-20(25)16-9-10-18(24)23(13-14-26-3)19(16)15-7-5-6-8-17(15)27-4/h5-8,16,19H,9-14H2,1-4H3,(H,21,25)/t16-,19+/m1/s1. The number of hydrogen-bond donors (Lipinski definition) is 1. The normalized spacial score (nSPS) is 20.0. The van der Waals surface area contributed by atoms with Gasteiger partial charge >= 0.3 is 0 Å². The molecule has 150 valence electrons. The van der Waals surface area contributed by atoms with Crippen LogP contribution in [-0.2, 0) is 14.3 Å². The predicted octanol–water partition coefficient (Wildman–Crippen LogP) is 1.30. The molecule has 1 aromatic rings. The summed E-state index contributed by atoms with van der Waals surface area (Å²) in [6.07, 6.45) is 0.889. The Hall–Kier alpha value is -2.12. The molecule has 7 heteroatoms. The molecule has 2 atom stereocenters. The van der Waals surface area contributed by atoms with E-state index in [0.717, 1.165) is 12.1 Å². The van der Waals surface area contributed by atoms with E-state index >= 15 is 0 Å². The van der Waals surface area contributed by atoms with Gasteiger partial charge in [0, 0.05) is 38.7 Å². The fraction of sp³-hybridized carbons (Fsp3) is 0.600. The van der Waals surface area contributed by atoms with Gasteiger partial charge in [0.15, 0.2) is 0 Å². The number of benzene rings is 1. The third kappa shape index (κ3) is 5.43. The van der Waals surface area contributed by atoms with Gasteiger partial charge in [0.25, 0.3) is 0 Å². The van der Waals surface area contributed by atoms with Crippen LogP contribution in [0.5, 0.6) is 5.75 Å². The van der Waals surface area contributed by atoms with Crippen molar-refractivity contribution in [1.82, 2.24) is 15.1 Å². The van der Waals surface area contributed by atoms with Gasteiger partial charge in [-0.2, -0.15) is 0 Å². The second-order valence-electron chi connectivity index (χ2n) is 7.01. The largest absolute Gasteiger partial charge is 0.496 e. The van der Waals surface area contributed by atoms with Crippen LogP contribution < -0.4 is 10.1 Å². The monoisotopic (exact) mass is 377 g/mol. The molecule has 1 N–H and O–H groups in total. The predicted molar refractivity (Wildman–Crippen MR) is 104 cm³/mol. The Morgan fingerprint density at radius 2 is 2.04 bits per heavy atom. The van der Waals surface area contributed by atoms with Crippen molar-refractivity contribution < 1.29 is 19.1 Å². The van der Waals surface area contributed by atoms with Gasteiger partial charge < -0.3 is 24.6 Å². The van der Waals surface area contributed by atoms with Crippen LogP contribution >= 0.6 is 0 Å². The van der Waals surface area contributed by atoms with Crippen molar-refractivity contribution in [3.8, 4) is 5.75 Å². The minimum absolute atomic E-state index is 0.0253. The molecule has 0 radical (unpaired) electrons. The Morgan fingerprint density at radius 1 is 1.30 bits per heavy atom. The lowest BCUT2D eigenvalue weighted by molar-refractivity contribution is -0.144. The van der Waals surface area contributed by atoms with Gasteiger partial charge in [0.1, 0.15) is 5.75 Å². The van der Waals surface area contributed by atoms with Gasteiger partial charge in [0.2, 0.25) is 11.8 Å². The Balaban J connectivity index is 2.32. The number of carbonyl (C=O) groups is 2. The highest BCUT2D eigenvalue weighted by Crippen LogP contribution is 2.40. The number of rotatable bonds is 9. The van der Waals surface area contributed by atoms with E-state index in [9.17, 15) is 9.59 Å². The fourth-order valence-corrected chi connectivity index (χ4v) is 3.51. The molecule has 0 unspecified atom stereocenters. The number of methoxy groups -OCH3 is 2. The van der Waals surface area contributed by atoms with Crippen LogP contribution in [0.3, 0.4) is 0 Å². The summed E-state index contributed by atoms with van der Waals surface area (Å²) in [7, 11) is 7.15. The summed E-state index contributed by atoms with van der Waals surface area (Å²) >= 11 is 0. The summed E-state index contributed by atoms with van der Waals surface area (Å²) in [6, 6.07) is 7.23. The van der Waals surface area contributed by atoms with Gasteiger partial charge in [-0.15, -0.1) is 0 Å². The average molecular weight is 377 g/mol. The minimum atomic E-state index is -0.364. The van der Waals surface area contributed by atoms with E-state index in [1.807, 2.05) is 43.3 Å². The Kier molecular flexibility index (Phi) is 8.06. The number of carbonyl (C=O) groups excluding carboxylic acids is 2. The van der Waals surface area contributed by atoms with Crippen molar-refractivity contribution in [2.45, 2.75) is 18.9 Å². The van der Waals surface area contributed by atoms with Gasteiger partial charge in [-0.3, -0.25) is 9.59 Å². The van der Waals surface area contributed by atoms with Crippen molar-refractivity contribution in [3.05, 3.63) is 29.8 Å². The van der Waals surface area contributed by atoms with E-state index in [0.29, 0.717) is 38.3 Å². The molecule has 1 aliphatic rings. The maximum atomic E-state index is 12.9. The molecule has 2 rings (SSSR count). The van der Waals surface area contributed by atoms with Crippen molar-refractivity contribution in [2.75, 3.05) is 54.6 Å². The third-order valence-electron chi connectivity index (χ3n) is 4.90. The Labute approximate surface area is 161 Å². The number of hydrogen-bond acceptors (Lipinski definition) is 5. The maximum Gasteiger partial charge on any atom is 0.225 e. The number of nitrogens with one attached hydrogen (secondary N) is 1. The summed E-state index contributed by atoms with van der Waals surface area (Å²) in [6.45, 7) is 2.21. The molecule has 1 aromatic carbocycles. The first-order valence-corrected chi connectivity index (χ1v) is 9.33. The molecular weight excluding hydrogens is 346 g/mol. The van der Waals surface area contributed by atoms with Gasteiger partial charge in [0.05, 0.1) is 25.7 Å². The molecule has 0 saturated carbocycles. The van der Waals surface area contributed by atoms with Crippen LogP contribution in [0.2, 0.25) is 0 Å². The molecule has 1 heterocycles. The van der Waals surface area contributed by atoms with Gasteiger partial charge in [-0.05, 0) is 26.6 Å². The number of piperidine rings is 1. The second kappa shape index (κ2) is 10.3. The average Bonchev–Trinajstić information content (AvgIpc) is 2.66. The summed E-state index contributed by atoms with van der Waals surface area (Å²) in [4.78, 5) is 29.4. The highest BCUT2D eigenvalue weighted by atomic mass is 16.5. The Morgan fingerprint density at radius 3 is 2.70 bits per heavy atom. The number of likely N-dealkylation sites (N-methyl/N-ethyl adjacent to an activating group) is 1. The van der Waals surface area contributed by atoms with Crippen LogP contribution in [0.4, 0.5) is 0 Å². The fourth-order valence-electron chi connectivity index (χ4n) is 3.51. The van der Waals surface area contributed by atoms with Crippen LogP contribution in [-0.4, -0.2) is 76.2 Å². The summed E-state index contributed by atoms with van der Waals surface area (Å²) in [5, 5.41) is 3.02. The molecule has 0 bridgehead atoms. The van der Waals surface area contributed by atoms with E-state index in [4.69, 9.17) is 9.47 Å². The molecule has 1 saturated heterocycles. The van der Waals surface area contributed by atoms with E-state index in [-0.39, 0.29) is 23.8 Å². The molecule has 7 nitrogen and oxygen atoms in total. The number of likely N-dealkylation sites (tertiary alicyclic amines) is 1. The van der Waals surface area contributed by atoms with E-state index < -0.39 is 0 Å². The highest BCUT2D eigenvalue weighted by molar-refractivity contribution is 5.85. The van der Waals surface area contributed by atoms with Gasteiger partial charge in [-0.25, -0.2) is 0 Å². The van der Waals surface area contributed by atoms with Crippen LogP contribution in [0, 0.1) is 5.92 Å². The van der Waals surface area contributed by atoms with Crippen molar-refractivity contribution in [2.24, 2.45) is 5.92 Å². The van der Waals surface area contributed by atoms with Gasteiger partial charge in [-0.1, -0.05) is 18.2 Å². The minimum Gasteiger partial charge on any atom is -0.496 e. The van der Waals surface area contributed by atoms with Crippen molar-refractivity contribution >= 4 is 11.8 Å². The molecule has 2 amide bonds. The topological polar surface area (TPSA) is 71.1 Å². The second-order valence-corrected chi connectivity index (χ2v) is 7.01. The van der Waals surface area contributed by atoms with E-state index in [1.54, 1.807) is 19.1 Å². The summed E-state index contributed by atoms with van der Waals surface area (Å²) in [5.74, 6) is 0.381. The zero-order chi connectivity index (χ0) is 19.8. The van der Waals surface area contributed by atoms with Crippen LogP contribution in [0.15, 0.2) is 24.3 Å². The number of amides is 2. The first-order chi connectivity index (χ1) is 13.0. The maximum absolute atomic E-state index is 12.9. The smallest absolute Gasteiger partial charge is 0.225 e. The first kappa shape index (κ1) is 21.2. The number of para-hydroxylation sites is 1. The van der Waals surface area contributed by atoms with Crippen LogP contribution in [0.1, 0.15) is 24.4 Å². The molecule has 0 spiro atoms. The molecule has 1 aliphatic heterocycles. The summed E-state index contributed by atoms with van der Waals surface area (Å²) < 4.78 is 10.7. The lowest BCUT2D eigenvalue weighted by Gasteiger charge is -2.41. The zero-order valence-electron chi connectivity index (χ0n) is 16.7. The SMILES string of the molecule is COCCN1C(=O)CC[C@@H](C(=O)NCCN(C)C)[C@@H]1c1ccccc1OC.